The Morgan fingerprint density at radius 2 is 2.16 bits per heavy atom. The fourth-order valence-electron chi connectivity index (χ4n) is 2.64. The molecule has 2 aromatic rings. The number of hydrogen-bond acceptors (Lipinski definition) is 5. The van der Waals surface area contributed by atoms with Gasteiger partial charge < -0.3 is 16.4 Å². The van der Waals surface area contributed by atoms with Crippen molar-refractivity contribution < 1.29 is 18.0 Å². The lowest BCUT2D eigenvalue weighted by atomic mass is 10.0. The number of benzene rings is 1. The number of alkyl halides is 3. The van der Waals surface area contributed by atoms with E-state index in [0.717, 1.165) is 12.8 Å². The fourth-order valence-corrected chi connectivity index (χ4v) is 3.42. The Balaban J connectivity index is 1.81. The smallest absolute Gasteiger partial charge is 0.404 e. The summed E-state index contributed by atoms with van der Waals surface area (Å²) in [7, 11) is 1.55. The van der Waals surface area contributed by atoms with Crippen LogP contribution in [0.5, 0.6) is 0 Å². The van der Waals surface area contributed by atoms with Crippen molar-refractivity contribution in [2.24, 2.45) is 17.8 Å². The molecule has 0 radical (unpaired) electrons. The second-order valence-corrected chi connectivity index (χ2v) is 8.10. The minimum absolute atomic E-state index is 0.00998. The molecule has 0 spiro atoms. The highest BCUT2D eigenvalue weighted by atomic mass is 79.9. The van der Waals surface area contributed by atoms with Crippen LogP contribution < -0.4 is 16.4 Å². The van der Waals surface area contributed by atoms with E-state index in [1.54, 1.807) is 25.2 Å². The molecule has 7 nitrogen and oxygen atoms in total. The van der Waals surface area contributed by atoms with Crippen molar-refractivity contribution in [3.05, 3.63) is 45.0 Å². The van der Waals surface area contributed by atoms with Gasteiger partial charge in [-0.05, 0) is 46.5 Å². The van der Waals surface area contributed by atoms with Gasteiger partial charge in [0.05, 0.1) is 10.6 Å². The van der Waals surface area contributed by atoms with Crippen LogP contribution in [0.4, 0.5) is 24.8 Å². The summed E-state index contributed by atoms with van der Waals surface area (Å²) in [6.45, 7) is -1.23. The van der Waals surface area contributed by atoms with Crippen LogP contribution >= 0.6 is 27.5 Å². The van der Waals surface area contributed by atoms with Gasteiger partial charge in [-0.25, -0.2) is 9.67 Å². The van der Waals surface area contributed by atoms with E-state index in [1.807, 2.05) is 0 Å². The summed E-state index contributed by atoms with van der Waals surface area (Å²) in [6.07, 6.45) is 0.254. The van der Waals surface area contributed by atoms with Gasteiger partial charge in [-0.1, -0.05) is 17.7 Å². The number of nitrogens with one attached hydrogen (secondary N) is 2. The fraction of sp³-hybridized carbons (Fsp3) is 0.316. The van der Waals surface area contributed by atoms with Crippen molar-refractivity contribution in [2.75, 3.05) is 11.9 Å². The number of aliphatic imine (C=N–C) groups is 1. The van der Waals surface area contributed by atoms with Gasteiger partial charge in [-0.15, -0.1) is 0 Å². The SMILES string of the molecule is Cn1nc(NCC(F)(F)F)c(Br)c1N=CC(=CN)c1ccc(Cl)c(C(=O)NC2CC2)c1. The summed E-state index contributed by atoms with van der Waals surface area (Å²) in [4.78, 5) is 16.7. The molecule has 1 saturated carbocycles. The first kappa shape index (κ1) is 23.1. The highest BCUT2D eigenvalue weighted by Gasteiger charge is 2.28. The molecule has 1 aliphatic rings. The molecule has 1 aromatic heterocycles. The van der Waals surface area contributed by atoms with E-state index in [1.165, 1.54) is 17.1 Å². The highest BCUT2D eigenvalue weighted by molar-refractivity contribution is 9.10. The Bertz CT molecular complexity index is 1050. The van der Waals surface area contributed by atoms with Gasteiger partial charge in [-0.3, -0.25) is 4.79 Å². The molecule has 12 heteroatoms. The van der Waals surface area contributed by atoms with Gasteiger partial charge in [0.1, 0.15) is 11.0 Å². The van der Waals surface area contributed by atoms with E-state index in [2.05, 4.69) is 36.7 Å². The van der Waals surface area contributed by atoms with E-state index < -0.39 is 12.7 Å². The summed E-state index contributed by atoms with van der Waals surface area (Å²) in [5, 5.41) is 9.40. The van der Waals surface area contributed by atoms with Crippen LogP contribution in [0.1, 0.15) is 28.8 Å². The number of carbonyl (C=O) groups is 1. The Hall–Kier alpha value is -2.53. The Kier molecular flexibility index (Phi) is 6.95. The number of halogens is 5. The third-order valence-electron chi connectivity index (χ3n) is 4.38. The molecule has 0 atom stereocenters. The number of aromatic nitrogens is 2. The number of anilines is 1. The molecular formula is C19H19BrClF3N6O. The van der Waals surface area contributed by atoms with Crippen LogP contribution in [-0.4, -0.2) is 40.7 Å². The van der Waals surface area contributed by atoms with E-state index in [0.29, 0.717) is 21.7 Å². The van der Waals surface area contributed by atoms with Crippen LogP contribution in [0.3, 0.4) is 0 Å². The molecular weight excluding hydrogens is 501 g/mol. The Labute approximate surface area is 189 Å². The van der Waals surface area contributed by atoms with E-state index in [-0.39, 0.29) is 28.1 Å². The highest BCUT2D eigenvalue weighted by Crippen LogP contribution is 2.33. The number of nitrogens with two attached hydrogens (primary N) is 1. The molecule has 31 heavy (non-hydrogen) atoms. The standard InChI is InChI=1S/C19H19BrClF3N6O/c1-30-17(15(20)16(29-30)27-9-19(22,23)24)26-8-11(7-25)10-2-5-14(21)13(6-10)18(31)28-12-3-4-12/h2,5-8,12H,3-4,9,25H2,1H3,(H,27,29)(H,28,31). The molecule has 1 heterocycles. The van der Waals surface area contributed by atoms with Gasteiger partial charge >= 0.3 is 6.18 Å². The van der Waals surface area contributed by atoms with E-state index in [9.17, 15) is 18.0 Å². The van der Waals surface area contributed by atoms with Gasteiger partial charge in [0.2, 0.25) is 0 Å². The zero-order valence-corrected chi connectivity index (χ0v) is 18.6. The van der Waals surface area contributed by atoms with Crippen molar-refractivity contribution in [2.45, 2.75) is 25.1 Å². The number of allylic oxidation sites excluding steroid dienone is 1. The maximum Gasteiger partial charge on any atom is 0.405 e. The third-order valence-corrected chi connectivity index (χ3v) is 5.44. The first-order valence-electron chi connectivity index (χ1n) is 9.19. The predicted molar refractivity (Wildman–Crippen MR) is 118 cm³/mol. The first-order chi connectivity index (χ1) is 14.6. The van der Waals surface area contributed by atoms with Gasteiger partial charge in [0.15, 0.2) is 11.6 Å². The predicted octanol–water partition coefficient (Wildman–Crippen LogP) is 4.40. The minimum atomic E-state index is -4.38. The van der Waals surface area contributed by atoms with E-state index in [4.69, 9.17) is 17.3 Å². The van der Waals surface area contributed by atoms with Crippen LogP contribution in [0, 0.1) is 0 Å². The van der Waals surface area contributed by atoms with Gasteiger partial charge in [0.25, 0.3) is 5.91 Å². The third kappa shape index (κ3) is 6.01. The number of aryl methyl sites for hydroxylation is 1. The summed E-state index contributed by atoms with van der Waals surface area (Å²) >= 11 is 9.39. The summed E-state index contributed by atoms with van der Waals surface area (Å²) in [5.41, 5.74) is 7.14. The van der Waals surface area contributed by atoms with Crippen LogP contribution in [0.2, 0.25) is 5.02 Å². The molecule has 1 aromatic carbocycles. The molecule has 0 saturated heterocycles. The van der Waals surface area contributed by atoms with E-state index >= 15 is 0 Å². The maximum absolute atomic E-state index is 12.5. The number of nitrogens with zero attached hydrogens (tertiary/aromatic N) is 3. The first-order valence-corrected chi connectivity index (χ1v) is 10.4. The monoisotopic (exact) mass is 518 g/mol. The summed E-state index contributed by atoms with van der Waals surface area (Å²) < 4.78 is 39.0. The number of carbonyl (C=O) groups excluding carboxylic acids is 1. The lowest BCUT2D eigenvalue weighted by Gasteiger charge is -2.09. The lowest BCUT2D eigenvalue weighted by molar-refractivity contribution is -0.115. The molecule has 1 amide bonds. The average Bonchev–Trinajstić information content (AvgIpc) is 3.47. The Morgan fingerprint density at radius 1 is 1.45 bits per heavy atom. The van der Waals surface area contributed by atoms with Crippen molar-refractivity contribution in [1.29, 1.82) is 0 Å². The normalized spacial score (nSPS) is 14.8. The largest absolute Gasteiger partial charge is 0.405 e. The maximum atomic E-state index is 12.5. The second-order valence-electron chi connectivity index (χ2n) is 6.90. The molecule has 1 aliphatic carbocycles. The Morgan fingerprint density at radius 3 is 2.77 bits per heavy atom. The number of amides is 1. The topological polar surface area (TPSA) is 97.3 Å². The molecule has 3 rings (SSSR count). The zero-order valence-electron chi connectivity index (χ0n) is 16.3. The van der Waals surface area contributed by atoms with Crippen LogP contribution in [0.25, 0.3) is 5.57 Å². The van der Waals surface area contributed by atoms with Crippen molar-refractivity contribution in [1.82, 2.24) is 15.1 Å². The van der Waals surface area contributed by atoms with Crippen LogP contribution in [-0.2, 0) is 7.05 Å². The van der Waals surface area contributed by atoms with Gasteiger partial charge in [0, 0.05) is 31.1 Å². The molecule has 166 valence electrons. The van der Waals surface area contributed by atoms with Crippen molar-refractivity contribution >= 4 is 56.9 Å². The molecule has 0 unspecified atom stereocenters. The molecule has 1 fully saturated rings. The lowest BCUT2D eigenvalue weighted by Crippen LogP contribution is -2.25. The molecule has 4 N–H and O–H groups in total. The molecule has 0 aliphatic heterocycles. The molecule has 0 bridgehead atoms. The number of hydrogen-bond donors (Lipinski definition) is 3. The minimum Gasteiger partial charge on any atom is -0.404 e. The summed E-state index contributed by atoms with van der Waals surface area (Å²) in [6, 6.07) is 5.07. The van der Waals surface area contributed by atoms with Crippen molar-refractivity contribution in [3.63, 3.8) is 0 Å². The summed E-state index contributed by atoms with van der Waals surface area (Å²) in [5.74, 6) is 0.0258. The number of rotatable bonds is 7. The van der Waals surface area contributed by atoms with Crippen molar-refractivity contribution in [3.8, 4) is 0 Å². The average molecular weight is 520 g/mol. The quantitative estimate of drug-likeness (QED) is 0.472. The van der Waals surface area contributed by atoms with Gasteiger partial charge in [-0.2, -0.15) is 18.3 Å². The zero-order chi connectivity index (χ0) is 22.8. The van der Waals surface area contributed by atoms with Crippen LogP contribution in [0.15, 0.2) is 33.9 Å². The second kappa shape index (κ2) is 9.31.